The normalized spacial score (nSPS) is 26.7. The number of hydrogen-bond donors (Lipinski definition) is 1. The van der Waals surface area contributed by atoms with Gasteiger partial charge in [0.15, 0.2) is 0 Å². The molecule has 1 N–H and O–H groups in total. The van der Waals surface area contributed by atoms with Crippen LogP contribution < -0.4 is 0 Å². The topological polar surface area (TPSA) is 42.4 Å². The molecule has 0 bridgehead atoms. The van der Waals surface area contributed by atoms with Crippen molar-refractivity contribution in [3.63, 3.8) is 0 Å². The van der Waals surface area contributed by atoms with Crippen LogP contribution in [0.15, 0.2) is 11.7 Å². The maximum atomic E-state index is 9.01. The zero-order valence-corrected chi connectivity index (χ0v) is 9.58. The van der Waals surface area contributed by atoms with Gasteiger partial charge in [-0.25, -0.2) is 0 Å². The Kier molecular flexibility index (Phi) is 4.11. The molecule has 2 rings (SSSR count). The zero-order valence-electron chi connectivity index (χ0n) is 8.76. The van der Waals surface area contributed by atoms with Gasteiger partial charge >= 0.3 is 0 Å². The van der Waals surface area contributed by atoms with Crippen molar-refractivity contribution >= 4 is 11.3 Å². The van der Waals surface area contributed by atoms with E-state index in [1.165, 1.54) is 4.88 Å². The van der Waals surface area contributed by atoms with Gasteiger partial charge in [-0.3, -0.25) is 4.98 Å². The summed E-state index contributed by atoms with van der Waals surface area (Å²) in [4.78, 5) is 5.21. The first kappa shape index (κ1) is 11.0. The van der Waals surface area contributed by atoms with Gasteiger partial charge in [0.05, 0.1) is 23.1 Å². The Balaban J connectivity index is 1.69. The number of thiazole rings is 1. The Hall–Kier alpha value is -0.450. The summed E-state index contributed by atoms with van der Waals surface area (Å²) in [6, 6.07) is 0. The van der Waals surface area contributed by atoms with Crippen LogP contribution in [-0.2, 0) is 11.3 Å². The third kappa shape index (κ3) is 3.26. The summed E-state index contributed by atoms with van der Waals surface area (Å²) in [5.74, 6) is 0.508. The first-order valence-corrected chi connectivity index (χ1v) is 6.36. The van der Waals surface area contributed by atoms with E-state index in [9.17, 15) is 0 Å². The number of ether oxygens (including phenoxy) is 1. The molecule has 4 heteroatoms. The number of aliphatic hydroxyl groups is 1. The maximum Gasteiger partial charge on any atom is 0.0829 e. The monoisotopic (exact) mass is 227 g/mol. The molecule has 3 nitrogen and oxygen atoms in total. The second kappa shape index (κ2) is 5.58. The first-order valence-electron chi connectivity index (χ1n) is 5.48. The fourth-order valence-electron chi connectivity index (χ4n) is 1.99. The summed E-state index contributed by atoms with van der Waals surface area (Å²) in [6.45, 7) is 1.03. The molecule has 0 spiro atoms. The summed E-state index contributed by atoms with van der Waals surface area (Å²) >= 11 is 1.64. The van der Waals surface area contributed by atoms with Crippen LogP contribution in [0.1, 0.15) is 30.6 Å². The predicted octanol–water partition coefficient (Wildman–Crippen LogP) is 2.21. The molecule has 1 aliphatic carbocycles. The quantitative estimate of drug-likeness (QED) is 0.857. The average molecular weight is 227 g/mol. The van der Waals surface area contributed by atoms with Gasteiger partial charge in [0, 0.05) is 12.8 Å². The minimum atomic E-state index is 0.335. The van der Waals surface area contributed by atoms with Crippen LogP contribution in [0.5, 0.6) is 0 Å². The lowest BCUT2D eigenvalue weighted by atomic mass is 9.88. The molecule has 1 aliphatic rings. The van der Waals surface area contributed by atoms with Gasteiger partial charge < -0.3 is 9.84 Å². The lowest BCUT2D eigenvalue weighted by Gasteiger charge is -2.27. The van der Waals surface area contributed by atoms with Crippen molar-refractivity contribution < 1.29 is 9.84 Å². The molecule has 1 fully saturated rings. The molecule has 15 heavy (non-hydrogen) atoms. The summed E-state index contributed by atoms with van der Waals surface area (Å²) < 4.78 is 5.81. The Labute approximate surface area is 94.1 Å². The van der Waals surface area contributed by atoms with Gasteiger partial charge in [0.2, 0.25) is 0 Å². The highest BCUT2D eigenvalue weighted by Crippen LogP contribution is 2.26. The Bertz CT molecular complexity index is 268. The highest BCUT2D eigenvalue weighted by molar-refractivity contribution is 7.09. The molecule has 0 aliphatic heterocycles. The third-order valence-electron chi connectivity index (χ3n) is 3.00. The standard InChI is InChI=1S/C11H17NO2S/c13-6-9-1-3-10(4-2-9)14-7-11-5-12-8-15-11/h5,8-10,13H,1-4,6-7H2. The largest absolute Gasteiger partial charge is 0.396 e. The van der Waals surface area contributed by atoms with E-state index in [0.29, 0.717) is 25.2 Å². The molecule has 0 radical (unpaired) electrons. The van der Waals surface area contributed by atoms with Crippen molar-refractivity contribution in [3.8, 4) is 0 Å². The lowest BCUT2D eigenvalue weighted by molar-refractivity contribution is 0.00229. The second-order valence-corrected chi connectivity index (χ2v) is 5.07. The zero-order chi connectivity index (χ0) is 10.5. The number of rotatable bonds is 4. The summed E-state index contributed by atoms with van der Waals surface area (Å²) in [5.41, 5.74) is 1.83. The SMILES string of the molecule is OCC1CCC(OCc2cncs2)CC1. The minimum absolute atomic E-state index is 0.335. The van der Waals surface area contributed by atoms with Gasteiger partial charge in [-0.15, -0.1) is 11.3 Å². The van der Waals surface area contributed by atoms with E-state index in [-0.39, 0.29) is 0 Å². The van der Waals surface area contributed by atoms with Gasteiger partial charge in [-0.2, -0.15) is 0 Å². The number of nitrogens with zero attached hydrogens (tertiary/aromatic N) is 1. The van der Waals surface area contributed by atoms with Crippen LogP contribution in [0.2, 0.25) is 0 Å². The van der Waals surface area contributed by atoms with Crippen LogP contribution in [0.3, 0.4) is 0 Å². The van der Waals surface area contributed by atoms with Crippen LogP contribution in [0.4, 0.5) is 0 Å². The third-order valence-corrected chi connectivity index (χ3v) is 3.75. The second-order valence-electron chi connectivity index (χ2n) is 4.10. The molecule has 1 aromatic heterocycles. The lowest BCUT2D eigenvalue weighted by Crippen LogP contribution is -2.23. The first-order chi connectivity index (χ1) is 7.38. The van der Waals surface area contributed by atoms with Crippen molar-refractivity contribution in [1.82, 2.24) is 4.98 Å². The van der Waals surface area contributed by atoms with Crippen molar-refractivity contribution in [2.24, 2.45) is 5.92 Å². The summed E-state index contributed by atoms with van der Waals surface area (Å²) in [7, 11) is 0. The molecule has 1 aromatic rings. The molecule has 0 saturated heterocycles. The predicted molar refractivity (Wildman–Crippen MR) is 59.7 cm³/mol. The highest BCUT2D eigenvalue weighted by Gasteiger charge is 2.20. The molecule has 0 amide bonds. The van der Waals surface area contributed by atoms with E-state index in [1.807, 2.05) is 11.7 Å². The molecule has 84 valence electrons. The number of hydrogen-bond acceptors (Lipinski definition) is 4. The maximum absolute atomic E-state index is 9.01. The van der Waals surface area contributed by atoms with Gasteiger partial charge in [0.1, 0.15) is 0 Å². The highest BCUT2D eigenvalue weighted by atomic mass is 32.1. The fourth-order valence-corrected chi connectivity index (χ4v) is 2.51. The molecule has 0 unspecified atom stereocenters. The Morgan fingerprint density at radius 1 is 1.40 bits per heavy atom. The van der Waals surface area contributed by atoms with E-state index in [4.69, 9.17) is 9.84 Å². The van der Waals surface area contributed by atoms with Gasteiger partial charge in [0.25, 0.3) is 0 Å². The van der Waals surface area contributed by atoms with Crippen LogP contribution in [0.25, 0.3) is 0 Å². The van der Waals surface area contributed by atoms with Crippen molar-refractivity contribution in [2.75, 3.05) is 6.61 Å². The smallest absolute Gasteiger partial charge is 0.0829 e. The van der Waals surface area contributed by atoms with Gasteiger partial charge in [-0.05, 0) is 31.6 Å². The van der Waals surface area contributed by atoms with Crippen molar-refractivity contribution in [1.29, 1.82) is 0 Å². The molecule has 0 aromatic carbocycles. The van der Waals surface area contributed by atoms with E-state index in [1.54, 1.807) is 11.3 Å². The van der Waals surface area contributed by atoms with E-state index >= 15 is 0 Å². The summed E-state index contributed by atoms with van der Waals surface area (Å²) in [5, 5.41) is 9.01. The summed E-state index contributed by atoms with van der Waals surface area (Å²) in [6.07, 6.45) is 6.63. The molecule has 1 saturated carbocycles. The van der Waals surface area contributed by atoms with Gasteiger partial charge in [-0.1, -0.05) is 0 Å². The molecular formula is C11H17NO2S. The van der Waals surface area contributed by atoms with E-state index in [0.717, 1.165) is 25.7 Å². The average Bonchev–Trinajstić information content (AvgIpc) is 2.80. The van der Waals surface area contributed by atoms with Crippen molar-refractivity contribution in [3.05, 3.63) is 16.6 Å². The van der Waals surface area contributed by atoms with Crippen LogP contribution in [-0.4, -0.2) is 22.8 Å². The Morgan fingerprint density at radius 3 is 2.80 bits per heavy atom. The minimum Gasteiger partial charge on any atom is -0.396 e. The van der Waals surface area contributed by atoms with Crippen LogP contribution >= 0.6 is 11.3 Å². The van der Waals surface area contributed by atoms with Crippen LogP contribution in [0, 0.1) is 5.92 Å². The van der Waals surface area contributed by atoms with E-state index < -0.39 is 0 Å². The number of aliphatic hydroxyl groups excluding tert-OH is 1. The molecular weight excluding hydrogens is 210 g/mol. The molecule has 1 heterocycles. The molecule has 0 atom stereocenters. The van der Waals surface area contributed by atoms with E-state index in [2.05, 4.69) is 4.98 Å². The van der Waals surface area contributed by atoms with Crippen molar-refractivity contribution in [2.45, 2.75) is 38.4 Å². The fraction of sp³-hybridized carbons (Fsp3) is 0.727. The number of aromatic nitrogens is 1. The Morgan fingerprint density at radius 2 is 2.20 bits per heavy atom.